The highest BCUT2D eigenvalue weighted by atomic mass is 16.5. The molecule has 0 N–H and O–H groups in total. The van der Waals surface area contributed by atoms with Crippen LogP contribution in [0.1, 0.15) is 19.8 Å². The summed E-state index contributed by atoms with van der Waals surface area (Å²) in [5.41, 5.74) is 0.825. The van der Waals surface area contributed by atoms with Crippen molar-refractivity contribution in [1.29, 1.82) is 0 Å². The first-order valence-corrected chi connectivity index (χ1v) is 5.75. The first kappa shape index (κ1) is 11.6. The quantitative estimate of drug-likeness (QED) is 0.748. The van der Waals surface area contributed by atoms with Gasteiger partial charge >= 0.3 is 0 Å². The van der Waals surface area contributed by atoms with Gasteiger partial charge in [0.15, 0.2) is 0 Å². The summed E-state index contributed by atoms with van der Waals surface area (Å²) in [6.07, 6.45) is 0.464. The van der Waals surface area contributed by atoms with E-state index in [4.69, 9.17) is 4.74 Å². The van der Waals surface area contributed by atoms with Gasteiger partial charge in [0, 0.05) is 18.7 Å². The van der Waals surface area contributed by atoms with Crippen molar-refractivity contribution in [3.63, 3.8) is 0 Å². The summed E-state index contributed by atoms with van der Waals surface area (Å²) in [5, 5.41) is 0. The lowest BCUT2D eigenvalue weighted by Gasteiger charge is -2.26. The standard InChI is InChI=1S/C13H15NO3/c1-2-17-12-5-3-10(4-6-12)14-8-7-11(15)9-13(14)16/h3-6H,2,7-9H2,1H3. The molecule has 0 aromatic heterocycles. The molecular formula is C13H15NO3. The zero-order chi connectivity index (χ0) is 12.3. The van der Waals surface area contributed by atoms with Crippen molar-refractivity contribution in [1.82, 2.24) is 0 Å². The van der Waals surface area contributed by atoms with E-state index in [1.54, 1.807) is 4.90 Å². The fourth-order valence-electron chi connectivity index (χ4n) is 1.88. The summed E-state index contributed by atoms with van der Waals surface area (Å²) in [4.78, 5) is 24.5. The Morgan fingerprint density at radius 2 is 1.94 bits per heavy atom. The van der Waals surface area contributed by atoms with E-state index in [-0.39, 0.29) is 18.1 Å². The fraction of sp³-hybridized carbons (Fsp3) is 0.385. The summed E-state index contributed by atoms with van der Waals surface area (Å²) in [7, 11) is 0. The van der Waals surface area contributed by atoms with Crippen LogP contribution in [0.5, 0.6) is 5.75 Å². The Kier molecular flexibility index (Phi) is 3.42. The van der Waals surface area contributed by atoms with Crippen LogP contribution in [0.4, 0.5) is 5.69 Å². The predicted octanol–water partition coefficient (Wildman–Crippen LogP) is 1.78. The summed E-state index contributed by atoms with van der Waals surface area (Å²) in [6.45, 7) is 3.02. The molecule has 2 rings (SSSR count). The van der Waals surface area contributed by atoms with Crippen LogP contribution >= 0.6 is 0 Å². The summed E-state index contributed by atoms with van der Waals surface area (Å²) in [5.74, 6) is 0.694. The minimum absolute atomic E-state index is 0.0210. The second-order valence-electron chi connectivity index (χ2n) is 3.94. The van der Waals surface area contributed by atoms with Crippen molar-refractivity contribution in [2.24, 2.45) is 0 Å². The molecule has 1 amide bonds. The molecule has 1 heterocycles. The molecule has 0 radical (unpaired) electrons. The first-order chi connectivity index (χ1) is 8.20. The van der Waals surface area contributed by atoms with Crippen molar-refractivity contribution < 1.29 is 14.3 Å². The number of rotatable bonds is 3. The van der Waals surface area contributed by atoms with Gasteiger partial charge in [0.1, 0.15) is 11.5 Å². The largest absolute Gasteiger partial charge is 0.494 e. The van der Waals surface area contributed by atoms with Gasteiger partial charge < -0.3 is 9.64 Å². The number of ether oxygens (including phenoxy) is 1. The number of benzene rings is 1. The number of ketones is 1. The van der Waals surface area contributed by atoms with Gasteiger partial charge in [0.05, 0.1) is 13.0 Å². The molecule has 1 fully saturated rings. The molecule has 0 spiro atoms. The molecule has 4 nitrogen and oxygen atoms in total. The highest BCUT2D eigenvalue weighted by Crippen LogP contribution is 2.22. The number of Topliss-reactive ketones (excluding diaryl/α,β-unsaturated/α-hetero) is 1. The Morgan fingerprint density at radius 3 is 2.53 bits per heavy atom. The minimum Gasteiger partial charge on any atom is -0.494 e. The van der Waals surface area contributed by atoms with Gasteiger partial charge in [-0.2, -0.15) is 0 Å². The highest BCUT2D eigenvalue weighted by molar-refractivity contribution is 6.08. The number of piperidine rings is 1. The minimum atomic E-state index is -0.120. The van der Waals surface area contributed by atoms with Crippen molar-refractivity contribution in [3.05, 3.63) is 24.3 Å². The maximum Gasteiger partial charge on any atom is 0.234 e. The summed E-state index contributed by atoms with van der Waals surface area (Å²) >= 11 is 0. The van der Waals surface area contributed by atoms with E-state index in [0.29, 0.717) is 19.6 Å². The van der Waals surface area contributed by atoms with Gasteiger partial charge in [0.2, 0.25) is 5.91 Å². The molecular weight excluding hydrogens is 218 g/mol. The van der Waals surface area contributed by atoms with E-state index in [2.05, 4.69) is 0 Å². The number of carbonyl (C=O) groups excluding carboxylic acids is 2. The fourth-order valence-corrected chi connectivity index (χ4v) is 1.88. The van der Waals surface area contributed by atoms with Crippen LogP contribution in [0.15, 0.2) is 24.3 Å². The van der Waals surface area contributed by atoms with Crippen molar-refractivity contribution >= 4 is 17.4 Å². The van der Waals surface area contributed by atoms with Crippen LogP contribution < -0.4 is 9.64 Å². The lowest BCUT2D eigenvalue weighted by Crippen LogP contribution is -2.38. The van der Waals surface area contributed by atoms with Gasteiger partial charge in [-0.1, -0.05) is 0 Å². The lowest BCUT2D eigenvalue weighted by molar-refractivity contribution is -0.128. The van der Waals surface area contributed by atoms with E-state index in [9.17, 15) is 9.59 Å². The van der Waals surface area contributed by atoms with Crippen LogP contribution in [-0.4, -0.2) is 24.8 Å². The Labute approximate surface area is 100 Å². The average molecular weight is 233 g/mol. The number of carbonyl (C=O) groups is 2. The second kappa shape index (κ2) is 4.99. The molecule has 0 unspecified atom stereocenters. The Bertz CT molecular complexity index is 425. The van der Waals surface area contributed by atoms with Gasteiger partial charge in [-0.05, 0) is 31.2 Å². The van der Waals surface area contributed by atoms with E-state index in [1.807, 2.05) is 31.2 Å². The summed E-state index contributed by atoms with van der Waals surface area (Å²) in [6, 6.07) is 7.36. The molecule has 1 saturated heterocycles. The molecule has 1 aromatic carbocycles. The molecule has 1 aliphatic rings. The molecule has 0 atom stereocenters. The van der Waals surface area contributed by atoms with E-state index in [0.717, 1.165) is 11.4 Å². The third-order valence-electron chi connectivity index (χ3n) is 2.72. The maximum absolute atomic E-state index is 11.7. The normalized spacial score (nSPS) is 16.2. The first-order valence-electron chi connectivity index (χ1n) is 5.75. The zero-order valence-electron chi connectivity index (χ0n) is 9.81. The smallest absolute Gasteiger partial charge is 0.234 e. The van der Waals surface area contributed by atoms with Crippen LogP contribution in [-0.2, 0) is 9.59 Å². The molecule has 4 heteroatoms. The molecule has 90 valence electrons. The van der Waals surface area contributed by atoms with Crippen LogP contribution in [0.2, 0.25) is 0 Å². The van der Waals surface area contributed by atoms with Crippen LogP contribution in [0, 0.1) is 0 Å². The Morgan fingerprint density at radius 1 is 1.24 bits per heavy atom. The maximum atomic E-state index is 11.7. The predicted molar refractivity (Wildman–Crippen MR) is 64.2 cm³/mol. The monoisotopic (exact) mass is 233 g/mol. The van der Waals surface area contributed by atoms with E-state index < -0.39 is 0 Å². The van der Waals surface area contributed by atoms with Crippen molar-refractivity contribution in [3.8, 4) is 5.75 Å². The molecule has 1 aromatic rings. The molecule has 17 heavy (non-hydrogen) atoms. The van der Waals surface area contributed by atoms with Gasteiger partial charge in [-0.3, -0.25) is 9.59 Å². The van der Waals surface area contributed by atoms with E-state index in [1.165, 1.54) is 0 Å². The zero-order valence-corrected chi connectivity index (χ0v) is 9.81. The van der Waals surface area contributed by atoms with Crippen molar-refractivity contribution in [2.45, 2.75) is 19.8 Å². The topological polar surface area (TPSA) is 46.6 Å². The molecule has 0 saturated carbocycles. The van der Waals surface area contributed by atoms with Gasteiger partial charge in [-0.15, -0.1) is 0 Å². The third kappa shape index (κ3) is 2.64. The Hall–Kier alpha value is -1.84. The summed E-state index contributed by atoms with van der Waals surface area (Å²) < 4.78 is 5.33. The lowest BCUT2D eigenvalue weighted by atomic mass is 10.1. The third-order valence-corrected chi connectivity index (χ3v) is 2.72. The van der Waals surface area contributed by atoms with Crippen molar-refractivity contribution in [2.75, 3.05) is 18.1 Å². The SMILES string of the molecule is CCOc1ccc(N2CCC(=O)CC2=O)cc1. The number of amides is 1. The Balaban J connectivity index is 2.11. The van der Waals surface area contributed by atoms with Gasteiger partial charge in [-0.25, -0.2) is 0 Å². The average Bonchev–Trinajstić information content (AvgIpc) is 2.31. The number of nitrogens with zero attached hydrogens (tertiary/aromatic N) is 1. The number of hydrogen-bond acceptors (Lipinski definition) is 3. The molecule has 0 aliphatic carbocycles. The van der Waals surface area contributed by atoms with Gasteiger partial charge in [0.25, 0.3) is 0 Å². The van der Waals surface area contributed by atoms with Crippen LogP contribution in [0.25, 0.3) is 0 Å². The van der Waals surface area contributed by atoms with Crippen LogP contribution in [0.3, 0.4) is 0 Å². The molecule has 1 aliphatic heterocycles. The molecule has 0 bridgehead atoms. The number of hydrogen-bond donors (Lipinski definition) is 0. The van der Waals surface area contributed by atoms with E-state index >= 15 is 0 Å². The second-order valence-corrected chi connectivity index (χ2v) is 3.94. The highest BCUT2D eigenvalue weighted by Gasteiger charge is 2.24. The number of anilines is 1.